The number of nitrogens with zero attached hydrogens (tertiary/aromatic N) is 2. The Hall–Kier alpha value is -2.04. The highest BCUT2D eigenvalue weighted by Crippen LogP contribution is 2.23. The fourth-order valence-electron chi connectivity index (χ4n) is 2.73. The van der Waals surface area contributed by atoms with E-state index in [1.54, 1.807) is 12.1 Å². The van der Waals surface area contributed by atoms with Gasteiger partial charge in [0.1, 0.15) is 0 Å². The number of benzene rings is 1. The van der Waals surface area contributed by atoms with E-state index in [0.717, 1.165) is 30.3 Å². The van der Waals surface area contributed by atoms with E-state index in [2.05, 4.69) is 17.1 Å². The van der Waals surface area contributed by atoms with Crippen LogP contribution in [0.5, 0.6) is 0 Å². The molecule has 1 amide bonds. The number of amides is 1. The quantitative estimate of drug-likeness (QED) is 0.770. The van der Waals surface area contributed by atoms with Crippen LogP contribution in [-0.2, 0) is 0 Å². The first kappa shape index (κ1) is 12.0. The van der Waals surface area contributed by atoms with Gasteiger partial charge in [-0.05, 0) is 44.4 Å². The minimum Gasteiger partial charge on any atom is -0.399 e. The van der Waals surface area contributed by atoms with Crippen LogP contribution in [0.25, 0.3) is 10.9 Å². The van der Waals surface area contributed by atoms with Crippen molar-refractivity contribution >= 4 is 22.5 Å². The van der Waals surface area contributed by atoms with Crippen LogP contribution in [0.2, 0.25) is 0 Å². The fourth-order valence-corrected chi connectivity index (χ4v) is 2.73. The molecule has 1 unspecified atom stereocenters. The van der Waals surface area contributed by atoms with E-state index >= 15 is 0 Å². The molecule has 1 aromatic carbocycles. The molecule has 0 bridgehead atoms. The van der Waals surface area contributed by atoms with Crippen LogP contribution in [0.1, 0.15) is 36.7 Å². The van der Waals surface area contributed by atoms with Crippen molar-refractivity contribution in [3.63, 3.8) is 0 Å². The van der Waals surface area contributed by atoms with Crippen LogP contribution in [0.3, 0.4) is 0 Å². The van der Waals surface area contributed by atoms with Gasteiger partial charge in [0.25, 0.3) is 5.91 Å². The summed E-state index contributed by atoms with van der Waals surface area (Å²) in [4.78, 5) is 14.5. The molecule has 1 saturated heterocycles. The summed E-state index contributed by atoms with van der Waals surface area (Å²) in [5, 5.41) is 7.88. The van der Waals surface area contributed by atoms with Gasteiger partial charge in [0.2, 0.25) is 0 Å². The predicted octanol–water partition coefficient (Wildman–Crippen LogP) is 2.16. The van der Waals surface area contributed by atoms with Gasteiger partial charge in [0.05, 0.1) is 5.52 Å². The van der Waals surface area contributed by atoms with Gasteiger partial charge < -0.3 is 10.6 Å². The first-order valence-corrected chi connectivity index (χ1v) is 6.71. The Morgan fingerprint density at radius 1 is 1.47 bits per heavy atom. The van der Waals surface area contributed by atoms with Gasteiger partial charge in [0.15, 0.2) is 5.69 Å². The Balaban J connectivity index is 1.99. The fraction of sp³-hybridized carbons (Fsp3) is 0.429. The van der Waals surface area contributed by atoms with Gasteiger partial charge in [-0.25, -0.2) is 0 Å². The number of aromatic nitrogens is 2. The summed E-state index contributed by atoms with van der Waals surface area (Å²) in [5.74, 6) is 0.00375. The van der Waals surface area contributed by atoms with E-state index in [1.165, 1.54) is 6.42 Å². The minimum absolute atomic E-state index is 0.00375. The maximum absolute atomic E-state index is 12.6. The highest BCUT2D eigenvalue weighted by molar-refractivity contribution is 6.05. The van der Waals surface area contributed by atoms with Gasteiger partial charge in [-0.3, -0.25) is 9.89 Å². The minimum atomic E-state index is 0.00375. The van der Waals surface area contributed by atoms with Crippen molar-refractivity contribution in [1.82, 2.24) is 15.1 Å². The van der Waals surface area contributed by atoms with Crippen molar-refractivity contribution in [3.05, 3.63) is 23.9 Å². The number of nitrogen functional groups attached to an aromatic ring is 1. The smallest absolute Gasteiger partial charge is 0.275 e. The zero-order chi connectivity index (χ0) is 13.4. The summed E-state index contributed by atoms with van der Waals surface area (Å²) in [6.45, 7) is 2.91. The molecule has 1 fully saturated rings. The summed E-state index contributed by atoms with van der Waals surface area (Å²) in [6, 6.07) is 5.75. The van der Waals surface area contributed by atoms with Crippen LogP contribution in [0, 0.1) is 0 Å². The molecule has 1 aromatic heterocycles. The molecular weight excluding hydrogens is 240 g/mol. The molecule has 1 atom stereocenters. The third-order valence-electron chi connectivity index (χ3n) is 3.85. The second-order valence-corrected chi connectivity index (χ2v) is 5.22. The number of hydrogen-bond donors (Lipinski definition) is 2. The number of fused-ring (bicyclic) bond motifs is 1. The SMILES string of the molecule is CC1CCCCN1C(=O)c1n[nH]c2ccc(N)cc12. The van der Waals surface area contributed by atoms with E-state index in [-0.39, 0.29) is 11.9 Å². The van der Waals surface area contributed by atoms with E-state index in [1.807, 2.05) is 11.0 Å². The van der Waals surface area contributed by atoms with Gasteiger partial charge in [0, 0.05) is 23.7 Å². The Labute approximate surface area is 111 Å². The number of likely N-dealkylation sites (tertiary alicyclic amines) is 1. The zero-order valence-corrected chi connectivity index (χ0v) is 11.0. The van der Waals surface area contributed by atoms with Crippen molar-refractivity contribution in [2.24, 2.45) is 0 Å². The van der Waals surface area contributed by atoms with Crippen LogP contribution < -0.4 is 5.73 Å². The lowest BCUT2D eigenvalue weighted by atomic mass is 10.0. The molecule has 3 N–H and O–H groups in total. The van der Waals surface area contributed by atoms with Crippen molar-refractivity contribution in [2.45, 2.75) is 32.2 Å². The summed E-state index contributed by atoms with van der Waals surface area (Å²) >= 11 is 0. The molecule has 0 saturated carbocycles. The monoisotopic (exact) mass is 258 g/mol. The number of hydrogen-bond acceptors (Lipinski definition) is 3. The number of rotatable bonds is 1. The first-order chi connectivity index (χ1) is 9.16. The zero-order valence-electron chi connectivity index (χ0n) is 11.0. The van der Waals surface area contributed by atoms with Gasteiger partial charge in [-0.2, -0.15) is 5.10 Å². The first-order valence-electron chi connectivity index (χ1n) is 6.71. The van der Waals surface area contributed by atoms with E-state index in [4.69, 9.17) is 5.73 Å². The number of piperidine rings is 1. The summed E-state index contributed by atoms with van der Waals surface area (Å²) in [6.07, 6.45) is 3.33. The lowest BCUT2D eigenvalue weighted by Gasteiger charge is -2.32. The highest BCUT2D eigenvalue weighted by atomic mass is 16.2. The number of H-pyrrole nitrogens is 1. The van der Waals surface area contributed by atoms with Gasteiger partial charge in [-0.15, -0.1) is 0 Å². The molecule has 3 rings (SSSR count). The number of nitrogens with one attached hydrogen (secondary N) is 1. The molecule has 5 heteroatoms. The number of nitrogens with two attached hydrogens (primary N) is 1. The number of carbonyl (C=O) groups excluding carboxylic acids is 1. The third kappa shape index (κ3) is 2.05. The molecule has 0 aliphatic carbocycles. The summed E-state index contributed by atoms with van der Waals surface area (Å²) < 4.78 is 0. The number of carbonyl (C=O) groups is 1. The highest BCUT2D eigenvalue weighted by Gasteiger charge is 2.27. The largest absolute Gasteiger partial charge is 0.399 e. The predicted molar refractivity (Wildman–Crippen MR) is 74.9 cm³/mol. The number of anilines is 1. The standard InChI is InChI=1S/C14H18N4O/c1-9-4-2-3-7-18(9)14(19)13-11-8-10(15)5-6-12(11)16-17-13/h5-6,8-9H,2-4,7,15H2,1H3,(H,16,17). The van der Waals surface area contributed by atoms with Crippen LogP contribution in [0.4, 0.5) is 5.69 Å². The van der Waals surface area contributed by atoms with E-state index in [9.17, 15) is 4.79 Å². The average molecular weight is 258 g/mol. The van der Waals surface area contributed by atoms with Crippen molar-refractivity contribution in [1.29, 1.82) is 0 Å². The van der Waals surface area contributed by atoms with Crippen molar-refractivity contribution < 1.29 is 4.79 Å². The summed E-state index contributed by atoms with van der Waals surface area (Å²) in [5.41, 5.74) is 7.77. The third-order valence-corrected chi connectivity index (χ3v) is 3.85. The molecule has 1 aliphatic rings. The van der Waals surface area contributed by atoms with Gasteiger partial charge in [-0.1, -0.05) is 0 Å². The van der Waals surface area contributed by atoms with Crippen LogP contribution >= 0.6 is 0 Å². The van der Waals surface area contributed by atoms with Crippen LogP contribution in [0.15, 0.2) is 18.2 Å². The maximum atomic E-state index is 12.6. The molecule has 5 nitrogen and oxygen atoms in total. The van der Waals surface area contributed by atoms with E-state index in [0.29, 0.717) is 11.4 Å². The van der Waals surface area contributed by atoms with Crippen molar-refractivity contribution in [3.8, 4) is 0 Å². The Morgan fingerprint density at radius 2 is 2.32 bits per heavy atom. The normalized spacial score (nSPS) is 19.8. The number of aromatic amines is 1. The average Bonchev–Trinajstić information content (AvgIpc) is 2.81. The molecule has 0 radical (unpaired) electrons. The second-order valence-electron chi connectivity index (χ2n) is 5.22. The van der Waals surface area contributed by atoms with Gasteiger partial charge >= 0.3 is 0 Å². The molecule has 1 aliphatic heterocycles. The van der Waals surface area contributed by atoms with E-state index < -0.39 is 0 Å². The molecule has 2 aromatic rings. The molecule has 0 spiro atoms. The second kappa shape index (κ2) is 4.57. The Kier molecular flexibility index (Phi) is 2.89. The topological polar surface area (TPSA) is 75.0 Å². The van der Waals surface area contributed by atoms with Crippen LogP contribution in [-0.4, -0.2) is 33.6 Å². The molecule has 2 heterocycles. The van der Waals surface area contributed by atoms with Crippen molar-refractivity contribution in [2.75, 3.05) is 12.3 Å². The Bertz CT molecular complexity index is 619. The summed E-state index contributed by atoms with van der Waals surface area (Å²) in [7, 11) is 0. The Morgan fingerprint density at radius 3 is 3.11 bits per heavy atom. The lowest BCUT2D eigenvalue weighted by Crippen LogP contribution is -2.42. The molecular formula is C14H18N4O. The molecule has 19 heavy (non-hydrogen) atoms. The maximum Gasteiger partial charge on any atom is 0.275 e. The lowest BCUT2D eigenvalue weighted by molar-refractivity contribution is 0.0631. The molecule has 100 valence electrons.